The zero-order valence-electron chi connectivity index (χ0n) is 13.5. The lowest BCUT2D eigenvalue weighted by Gasteiger charge is -2.27. The van der Waals surface area contributed by atoms with E-state index in [0.717, 1.165) is 60.5 Å². The number of nitrogens with one attached hydrogen (secondary N) is 2. The van der Waals surface area contributed by atoms with Crippen LogP contribution in [-0.4, -0.2) is 52.7 Å². The quantitative estimate of drug-likeness (QED) is 0.768. The monoisotopic (exact) mass is 399 g/mol. The number of hydrogen-bond acceptors (Lipinski definition) is 7. The number of fused-ring (bicyclic) bond motifs is 1. The Morgan fingerprint density at radius 3 is 2.88 bits per heavy atom. The number of thiazole rings is 1. The van der Waals surface area contributed by atoms with Crippen molar-refractivity contribution < 1.29 is 4.74 Å². The van der Waals surface area contributed by atoms with Gasteiger partial charge in [0.2, 0.25) is 0 Å². The number of rotatable bonds is 3. The van der Waals surface area contributed by atoms with Crippen molar-refractivity contribution in [3.05, 3.63) is 36.4 Å². The van der Waals surface area contributed by atoms with E-state index >= 15 is 0 Å². The molecule has 25 heavy (non-hydrogen) atoms. The molecule has 0 spiro atoms. The number of morpholine rings is 1. The van der Waals surface area contributed by atoms with Crippen molar-refractivity contribution >= 4 is 40.3 Å². The van der Waals surface area contributed by atoms with Crippen LogP contribution in [0.4, 0.5) is 5.13 Å². The summed E-state index contributed by atoms with van der Waals surface area (Å²) in [5, 5.41) is 1.50. The standard InChI is InChI=1S/C15H18ClN5O2S2/c16-12-11(25-15(18-12)21-3-5-23-6-4-21)8-20-2-1-10-9(7-20)13(22)19-14(24)17-10/h1-8H2,(H2,17,19,22,24). The normalized spacial score (nSPS) is 18.4. The van der Waals surface area contributed by atoms with Crippen molar-refractivity contribution in [3.8, 4) is 0 Å². The van der Waals surface area contributed by atoms with E-state index in [0.29, 0.717) is 23.0 Å². The fourth-order valence-electron chi connectivity index (χ4n) is 3.16. The summed E-state index contributed by atoms with van der Waals surface area (Å²) >= 11 is 13.0. The van der Waals surface area contributed by atoms with Crippen LogP contribution in [-0.2, 0) is 24.2 Å². The van der Waals surface area contributed by atoms with Crippen molar-refractivity contribution in [3.63, 3.8) is 0 Å². The molecule has 0 unspecified atom stereocenters. The van der Waals surface area contributed by atoms with Gasteiger partial charge in [-0.05, 0) is 12.2 Å². The molecule has 0 aliphatic carbocycles. The molecule has 1 saturated heterocycles. The summed E-state index contributed by atoms with van der Waals surface area (Å²) in [5.74, 6) is 0. The predicted octanol–water partition coefficient (Wildman–Crippen LogP) is 1.94. The first-order valence-corrected chi connectivity index (χ1v) is 9.75. The molecule has 4 heterocycles. The molecule has 10 heteroatoms. The molecule has 0 aromatic carbocycles. The predicted molar refractivity (Wildman–Crippen MR) is 100 cm³/mol. The average Bonchev–Trinajstić information content (AvgIpc) is 2.97. The van der Waals surface area contributed by atoms with Gasteiger partial charge in [0.1, 0.15) is 5.15 Å². The summed E-state index contributed by atoms with van der Waals surface area (Å²) in [6.45, 7) is 5.25. The zero-order valence-corrected chi connectivity index (χ0v) is 15.9. The maximum absolute atomic E-state index is 12.1. The minimum Gasteiger partial charge on any atom is -0.378 e. The highest BCUT2D eigenvalue weighted by molar-refractivity contribution is 7.71. The number of aromatic nitrogens is 3. The van der Waals surface area contributed by atoms with E-state index in [2.05, 4.69) is 24.8 Å². The average molecular weight is 400 g/mol. The fourth-order valence-corrected chi connectivity index (χ4v) is 4.73. The molecule has 1 fully saturated rings. The molecule has 0 bridgehead atoms. The summed E-state index contributed by atoms with van der Waals surface area (Å²) in [6.07, 6.45) is 0.773. The van der Waals surface area contributed by atoms with E-state index in [1.54, 1.807) is 11.3 Å². The van der Waals surface area contributed by atoms with Gasteiger partial charge in [0.05, 0.1) is 23.7 Å². The van der Waals surface area contributed by atoms with Gasteiger partial charge in [-0.3, -0.25) is 14.7 Å². The van der Waals surface area contributed by atoms with Gasteiger partial charge < -0.3 is 14.6 Å². The van der Waals surface area contributed by atoms with Gasteiger partial charge >= 0.3 is 0 Å². The largest absolute Gasteiger partial charge is 0.378 e. The number of hydrogen-bond donors (Lipinski definition) is 2. The van der Waals surface area contributed by atoms with Crippen LogP contribution in [0.3, 0.4) is 0 Å². The van der Waals surface area contributed by atoms with Gasteiger partial charge in [-0.2, -0.15) is 0 Å². The Bertz CT molecular complexity index is 887. The third-order valence-electron chi connectivity index (χ3n) is 4.48. The van der Waals surface area contributed by atoms with Gasteiger partial charge in [-0.25, -0.2) is 4.98 Å². The van der Waals surface area contributed by atoms with Gasteiger partial charge in [0, 0.05) is 44.8 Å². The molecule has 2 aliphatic heterocycles. The molecule has 0 amide bonds. The molecule has 2 N–H and O–H groups in total. The molecule has 0 radical (unpaired) electrons. The Kier molecular flexibility index (Phi) is 4.92. The number of H-pyrrole nitrogens is 2. The molecule has 2 aliphatic rings. The summed E-state index contributed by atoms with van der Waals surface area (Å²) in [7, 11) is 0. The van der Waals surface area contributed by atoms with Gasteiger partial charge in [-0.1, -0.05) is 22.9 Å². The Labute approximate surface area is 158 Å². The van der Waals surface area contributed by atoms with Crippen LogP contribution in [0.1, 0.15) is 16.1 Å². The minimum absolute atomic E-state index is 0.104. The van der Waals surface area contributed by atoms with Crippen molar-refractivity contribution in [1.82, 2.24) is 19.9 Å². The van der Waals surface area contributed by atoms with Crippen LogP contribution < -0.4 is 10.5 Å². The Morgan fingerprint density at radius 1 is 1.28 bits per heavy atom. The van der Waals surface area contributed by atoms with Crippen molar-refractivity contribution in [2.24, 2.45) is 0 Å². The van der Waals surface area contributed by atoms with E-state index < -0.39 is 0 Å². The second-order valence-electron chi connectivity index (χ2n) is 6.14. The maximum atomic E-state index is 12.1. The van der Waals surface area contributed by atoms with Crippen LogP contribution in [0.15, 0.2) is 4.79 Å². The molecule has 4 rings (SSSR count). The van der Waals surface area contributed by atoms with E-state index in [1.165, 1.54) is 0 Å². The zero-order chi connectivity index (χ0) is 17.4. The minimum atomic E-state index is -0.104. The van der Waals surface area contributed by atoms with Crippen LogP contribution in [0.5, 0.6) is 0 Å². The molecule has 7 nitrogen and oxygen atoms in total. The molecule has 2 aromatic rings. The third-order valence-corrected chi connectivity index (χ3v) is 6.21. The highest BCUT2D eigenvalue weighted by Crippen LogP contribution is 2.32. The smallest absolute Gasteiger partial charge is 0.256 e. The maximum Gasteiger partial charge on any atom is 0.256 e. The van der Waals surface area contributed by atoms with Gasteiger partial charge in [0.15, 0.2) is 9.90 Å². The van der Waals surface area contributed by atoms with Crippen molar-refractivity contribution in [1.29, 1.82) is 0 Å². The van der Waals surface area contributed by atoms with Crippen molar-refractivity contribution in [2.45, 2.75) is 19.5 Å². The third kappa shape index (κ3) is 3.65. The Morgan fingerprint density at radius 2 is 2.08 bits per heavy atom. The fraction of sp³-hybridized carbons (Fsp3) is 0.533. The van der Waals surface area contributed by atoms with Crippen LogP contribution in [0.25, 0.3) is 0 Å². The number of ether oxygens (including phenoxy) is 1. The summed E-state index contributed by atoms with van der Waals surface area (Å²) in [5.41, 5.74) is 1.59. The van der Waals surface area contributed by atoms with Crippen molar-refractivity contribution in [2.75, 3.05) is 37.7 Å². The van der Waals surface area contributed by atoms with E-state index in [4.69, 9.17) is 28.6 Å². The number of halogens is 1. The second-order valence-corrected chi connectivity index (χ2v) is 7.96. The molecule has 2 aromatic heterocycles. The first-order valence-electron chi connectivity index (χ1n) is 8.15. The van der Waals surface area contributed by atoms with Crippen LogP contribution in [0.2, 0.25) is 5.15 Å². The van der Waals surface area contributed by atoms with Gasteiger partial charge in [0.25, 0.3) is 5.56 Å². The molecule has 0 atom stereocenters. The lowest BCUT2D eigenvalue weighted by molar-refractivity contribution is 0.122. The van der Waals surface area contributed by atoms with Crippen LogP contribution in [0, 0.1) is 4.77 Å². The number of aromatic amines is 2. The molecular formula is C15H18ClN5O2S2. The highest BCUT2D eigenvalue weighted by atomic mass is 35.5. The van der Waals surface area contributed by atoms with Gasteiger partial charge in [-0.15, -0.1) is 0 Å². The lowest BCUT2D eigenvalue weighted by atomic mass is 10.1. The summed E-state index contributed by atoms with van der Waals surface area (Å²) < 4.78 is 5.77. The summed E-state index contributed by atoms with van der Waals surface area (Å²) in [4.78, 5) is 27.9. The Balaban J connectivity index is 1.50. The van der Waals surface area contributed by atoms with E-state index in [9.17, 15) is 4.79 Å². The first-order chi connectivity index (χ1) is 12.1. The molecule has 0 saturated carbocycles. The number of anilines is 1. The SMILES string of the molecule is O=c1[nH]c(=S)[nH]c2c1CN(Cc1sc(N3CCOCC3)nc1Cl)CC2. The van der Waals surface area contributed by atoms with Crippen LogP contribution >= 0.6 is 35.2 Å². The van der Waals surface area contributed by atoms with E-state index in [1.807, 2.05) is 0 Å². The molecular weight excluding hydrogens is 382 g/mol. The topological polar surface area (TPSA) is 77.2 Å². The lowest BCUT2D eigenvalue weighted by Crippen LogP contribution is -2.36. The first kappa shape index (κ1) is 17.2. The molecule has 134 valence electrons. The summed E-state index contributed by atoms with van der Waals surface area (Å²) in [6, 6.07) is 0. The highest BCUT2D eigenvalue weighted by Gasteiger charge is 2.23. The Hall–Kier alpha value is -1.26. The van der Waals surface area contributed by atoms with E-state index in [-0.39, 0.29) is 5.56 Å². The second kappa shape index (κ2) is 7.16. The number of nitrogens with zero attached hydrogens (tertiary/aromatic N) is 3.